The fourth-order valence-corrected chi connectivity index (χ4v) is 4.99. The second kappa shape index (κ2) is 13.9. The first-order valence-electron chi connectivity index (χ1n) is 11.9. The predicted octanol–water partition coefficient (Wildman–Crippen LogP) is 6.57. The number of benzene rings is 2. The predicted molar refractivity (Wildman–Crippen MR) is 157 cm³/mol. The second-order valence-electron chi connectivity index (χ2n) is 8.53. The van der Waals surface area contributed by atoms with Crippen LogP contribution in [0.15, 0.2) is 60.1 Å². The van der Waals surface area contributed by atoms with Gasteiger partial charge in [0.05, 0.1) is 25.1 Å². The van der Waals surface area contributed by atoms with Gasteiger partial charge in [0.25, 0.3) is 0 Å². The molecule has 1 atom stereocenters. The third-order valence-corrected chi connectivity index (χ3v) is 6.89. The summed E-state index contributed by atoms with van der Waals surface area (Å²) in [6, 6.07) is 15.9. The van der Waals surface area contributed by atoms with E-state index in [1.54, 1.807) is 31.6 Å². The zero-order valence-electron chi connectivity index (χ0n) is 21.6. The first-order valence-corrected chi connectivity index (χ1v) is 12.8. The summed E-state index contributed by atoms with van der Waals surface area (Å²) in [7, 11) is 1.65. The summed E-state index contributed by atoms with van der Waals surface area (Å²) in [5, 5.41) is 12.5. The fourth-order valence-electron chi connectivity index (χ4n) is 4.05. The van der Waals surface area contributed by atoms with Crippen molar-refractivity contribution in [2.75, 3.05) is 20.3 Å². The number of carboxylic acid groups (broad SMARTS) is 1. The molecule has 198 valence electrons. The van der Waals surface area contributed by atoms with Crippen LogP contribution in [-0.2, 0) is 16.1 Å². The summed E-state index contributed by atoms with van der Waals surface area (Å²) < 4.78 is 18.1. The first kappa shape index (κ1) is 29.1. The molecule has 0 aliphatic heterocycles. The van der Waals surface area contributed by atoms with Gasteiger partial charge in [-0.1, -0.05) is 24.1 Å². The standard InChI is InChI=1S/C30H29NO5S.H2S/c1-4-5-23(15-30(32)33)22-7-9-24(10-8-22)36-18-21-6-11-29-27(14-21)28(19-37-29)26-16-25(17-31-20(26)2)35-13-12-34-3;/h6-11,14,16-17,19,23H,12-13,15,18H2,1-3H3,(H,32,33);1H2/t23-;/m0./s1. The molecule has 2 aromatic heterocycles. The van der Waals surface area contributed by atoms with Gasteiger partial charge < -0.3 is 19.3 Å². The van der Waals surface area contributed by atoms with Crippen LogP contribution in [0.3, 0.4) is 0 Å². The Kier molecular flexibility index (Phi) is 10.6. The molecule has 0 radical (unpaired) electrons. The molecule has 4 rings (SSSR count). The van der Waals surface area contributed by atoms with E-state index in [1.165, 1.54) is 4.70 Å². The molecule has 0 amide bonds. The number of pyridine rings is 1. The van der Waals surface area contributed by atoms with Crippen LogP contribution in [0.25, 0.3) is 21.2 Å². The lowest BCUT2D eigenvalue weighted by Crippen LogP contribution is -2.05. The van der Waals surface area contributed by atoms with Gasteiger partial charge in [0.15, 0.2) is 0 Å². The van der Waals surface area contributed by atoms with E-state index in [9.17, 15) is 4.79 Å². The fraction of sp³-hybridized carbons (Fsp3) is 0.267. The maximum atomic E-state index is 11.2. The molecule has 8 heteroatoms. The van der Waals surface area contributed by atoms with Gasteiger partial charge in [-0.15, -0.1) is 17.3 Å². The highest BCUT2D eigenvalue weighted by Crippen LogP contribution is 2.37. The molecule has 2 heterocycles. The lowest BCUT2D eigenvalue weighted by Gasteiger charge is -2.11. The van der Waals surface area contributed by atoms with E-state index < -0.39 is 5.97 Å². The molecule has 0 saturated heterocycles. The number of thiophene rings is 1. The second-order valence-corrected chi connectivity index (χ2v) is 9.44. The number of aliphatic carboxylic acids is 1. The van der Waals surface area contributed by atoms with Crippen molar-refractivity contribution in [2.45, 2.75) is 32.8 Å². The molecular weight excluding hydrogens is 518 g/mol. The largest absolute Gasteiger partial charge is 0.490 e. The average Bonchev–Trinajstić information content (AvgIpc) is 3.31. The number of carboxylic acids is 1. The minimum Gasteiger partial charge on any atom is -0.490 e. The Balaban J connectivity index is 0.00000400. The van der Waals surface area contributed by atoms with E-state index in [0.717, 1.165) is 39.1 Å². The number of hydrogen-bond acceptors (Lipinski definition) is 6. The van der Waals surface area contributed by atoms with Crippen LogP contribution in [0.5, 0.6) is 11.5 Å². The summed E-state index contributed by atoms with van der Waals surface area (Å²) in [4.78, 5) is 15.7. The van der Waals surface area contributed by atoms with Crippen molar-refractivity contribution in [3.8, 4) is 34.5 Å². The van der Waals surface area contributed by atoms with Crippen molar-refractivity contribution in [3.63, 3.8) is 0 Å². The molecule has 0 aliphatic rings. The third-order valence-electron chi connectivity index (χ3n) is 5.93. The third kappa shape index (κ3) is 7.29. The van der Waals surface area contributed by atoms with E-state index in [2.05, 4.69) is 40.4 Å². The lowest BCUT2D eigenvalue weighted by atomic mass is 9.96. The molecule has 38 heavy (non-hydrogen) atoms. The van der Waals surface area contributed by atoms with Crippen molar-refractivity contribution in [1.29, 1.82) is 0 Å². The quantitative estimate of drug-likeness (QED) is 0.168. The molecule has 0 bridgehead atoms. The number of fused-ring (bicyclic) bond motifs is 1. The highest BCUT2D eigenvalue weighted by Gasteiger charge is 2.14. The van der Waals surface area contributed by atoms with Crippen LogP contribution in [-0.4, -0.2) is 36.4 Å². The Hall–Kier alpha value is -3.51. The zero-order valence-corrected chi connectivity index (χ0v) is 23.4. The Morgan fingerprint density at radius 3 is 2.55 bits per heavy atom. The summed E-state index contributed by atoms with van der Waals surface area (Å²) in [6.45, 7) is 5.12. The minimum atomic E-state index is -0.868. The lowest BCUT2D eigenvalue weighted by molar-refractivity contribution is -0.137. The van der Waals surface area contributed by atoms with Gasteiger partial charge >= 0.3 is 5.97 Å². The Bertz CT molecular complexity index is 1440. The number of methoxy groups -OCH3 is 1. The van der Waals surface area contributed by atoms with E-state index in [1.807, 2.05) is 37.3 Å². The molecule has 2 aromatic carbocycles. The number of aromatic nitrogens is 1. The van der Waals surface area contributed by atoms with E-state index in [4.69, 9.17) is 19.3 Å². The highest BCUT2D eigenvalue weighted by atomic mass is 32.1. The van der Waals surface area contributed by atoms with E-state index in [-0.39, 0.29) is 25.8 Å². The Morgan fingerprint density at radius 1 is 1.05 bits per heavy atom. The summed E-state index contributed by atoms with van der Waals surface area (Å²) in [5.74, 6) is 6.02. The van der Waals surface area contributed by atoms with Crippen molar-refractivity contribution in [3.05, 3.63) is 76.9 Å². The monoisotopic (exact) mass is 549 g/mol. The van der Waals surface area contributed by atoms with Crippen molar-refractivity contribution in [1.82, 2.24) is 4.98 Å². The van der Waals surface area contributed by atoms with Gasteiger partial charge in [0, 0.05) is 34.0 Å². The average molecular weight is 550 g/mol. The number of rotatable bonds is 11. The molecule has 6 nitrogen and oxygen atoms in total. The van der Waals surface area contributed by atoms with Crippen molar-refractivity contribution >= 4 is 40.9 Å². The van der Waals surface area contributed by atoms with Crippen LogP contribution in [0.4, 0.5) is 0 Å². The van der Waals surface area contributed by atoms with Gasteiger partial charge in [-0.05, 0) is 60.7 Å². The van der Waals surface area contributed by atoms with Gasteiger partial charge in [-0.2, -0.15) is 13.5 Å². The maximum absolute atomic E-state index is 11.2. The molecular formula is C30H31NO5S2. The molecule has 1 N–H and O–H groups in total. The summed E-state index contributed by atoms with van der Waals surface area (Å²) >= 11 is 1.70. The molecule has 0 unspecified atom stereocenters. The van der Waals surface area contributed by atoms with Gasteiger partial charge in [-0.25, -0.2) is 0 Å². The molecule has 0 spiro atoms. The number of ether oxygens (including phenoxy) is 3. The SMILES string of the molecule is CC#C[C@@H](CC(=O)O)c1ccc(OCc2ccc3scc(-c4cc(OCCOC)cnc4C)c3c2)cc1.S. The number of carbonyl (C=O) groups is 1. The van der Waals surface area contributed by atoms with Crippen LogP contribution < -0.4 is 9.47 Å². The van der Waals surface area contributed by atoms with Gasteiger partial charge in [-0.3, -0.25) is 9.78 Å². The minimum absolute atomic E-state index is 0. The molecule has 0 saturated carbocycles. The van der Waals surface area contributed by atoms with Crippen LogP contribution in [0.1, 0.15) is 36.1 Å². The Morgan fingerprint density at radius 2 is 1.84 bits per heavy atom. The molecule has 0 fully saturated rings. The first-order chi connectivity index (χ1) is 18.0. The summed E-state index contributed by atoms with van der Waals surface area (Å²) in [6.07, 6.45) is 1.72. The van der Waals surface area contributed by atoms with E-state index in [0.29, 0.717) is 25.6 Å². The van der Waals surface area contributed by atoms with Gasteiger partial charge in [0.1, 0.15) is 24.7 Å². The Labute approximate surface area is 234 Å². The van der Waals surface area contributed by atoms with Crippen LogP contribution in [0, 0.1) is 18.8 Å². The number of nitrogens with zero attached hydrogens (tertiary/aromatic N) is 1. The molecule has 4 aromatic rings. The van der Waals surface area contributed by atoms with Gasteiger partial charge in [0.2, 0.25) is 0 Å². The normalized spacial score (nSPS) is 11.2. The topological polar surface area (TPSA) is 77.9 Å². The number of hydrogen-bond donors (Lipinski definition) is 1. The van der Waals surface area contributed by atoms with Crippen LogP contribution >= 0.6 is 24.8 Å². The highest BCUT2D eigenvalue weighted by molar-refractivity contribution is 7.59. The van der Waals surface area contributed by atoms with E-state index >= 15 is 0 Å². The maximum Gasteiger partial charge on any atom is 0.304 e. The van der Waals surface area contributed by atoms with Crippen molar-refractivity contribution < 1.29 is 24.1 Å². The molecule has 0 aliphatic carbocycles. The summed E-state index contributed by atoms with van der Waals surface area (Å²) in [5.41, 5.74) is 5.02. The van der Waals surface area contributed by atoms with Crippen LogP contribution in [0.2, 0.25) is 0 Å². The zero-order chi connectivity index (χ0) is 26.2. The smallest absolute Gasteiger partial charge is 0.304 e. The van der Waals surface area contributed by atoms with Crippen molar-refractivity contribution in [2.24, 2.45) is 0 Å². The number of aryl methyl sites for hydroxylation is 1.